The minimum atomic E-state index is -0.569. The molecule has 0 aliphatic heterocycles. The van der Waals surface area contributed by atoms with E-state index in [1.807, 2.05) is 0 Å². The summed E-state index contributed by atoms with van der Waals surface area (Å²) in [5.74, 6) is -0.864. The fourth-order valence-electron chi connectivity index (χ4n) is 1.97. The zero-order valence-electron chi connectivity index (χ0n) is 11.7. The summed E-state index contributed by atoms with van der Waals surface area (Å²) in [5, 5.41) is 6.52. The monoisotopic (exact) mass is 287 g/mol. The average Bonchev–Trinajstić information content (AvgIpc) is 2.85. The molecule has 0 saturated heterocycles. The molecule has 0 fully saturated rings. The van der Waals surface area contributed by atoms with Crippen molar-refractivity contribution in [3.05, 3.63) is 47.3 Å². The van der Waals surface area contributed by atoms with Gasteiger partial charge in [0.15, 0.2) is 0 Å². The number of nitrogens with zero attached hydrogens (tertiary/aromatic N) is 2. The first-order valence-electron chi connectivity index (χ1n) is 6.39. The van der Waals surface area contributed by atoms with E-state index in [2.05, 4.69) is 10.2 Å². The van der Waals surface area contributed by atoms with E-state index in [4.69, 9.17) is 11.5 Å². The van der Waals surface area contributed by atoms with Crippen LogP contribution < -0.4 is 11.5 Å². The Morgan fingerprint density at radius 3 is 2.48 bits per heavy atom. The molecule has 1 aromatic carbocycles. The number of carbonyl (C=O) groups is 2. The molecule has 7 heteroatoms. The predicted octanol–water partition coefficient (Wildman–Crippen LogP) is 0.428. The fourth-order valence-corrected chi connectivity index (χ4v) is 1.97. The summed E-state index contributed by atoms with van der Waals surface area (Å²) >= 11 is 0. The first-order valence-corrected chi connectivity index (χ1v) is 6.39. The number of benzene rings is 1. The zero-order chi connectivity index (χ0) is 15.4. The third-order valence-electron chi connectivity index (χ3n) is 3.05. The Labute approximate surface area is 121 Å². The highest BCUT2D eigenvalue weighted by molar-refractivity contribution is 5.97. The highest BCUT2D eigenvalue weighted by Crippen LogP contribution is 2.13. The maximum Gasteiger partial charge on any atom is 0.258 e. The summed E-state index contributed by atoms with van der Waals surface area (Å²) in [4.78, 5) is 25.0. The smallest absolute Gasteiger partial charge is 0.258 e. The van der Waals surface area contributed by atoms with Crippen LogP contribution in [0.25, 0.3) is 0 Å². The van der Waals surface area contributed by atoms with Crippen LogP contribution in [0.15, 0.2) is 30.5 Å². The van der Waals surface area contributed by atoms with E-state index in [0.717, 1.165) is 5.56 Å². The minimum Gasteiger partial charge on any atom is -0.399 e. The summed E-state index contributed by atoms with van der Waals surface area (Å²) < 4.78 is 0. The second-order valence-electron chi connectivity index (χ2n) is 4.78. The lowest BCUT2D eigenvalue weighted by atomic mass is 10.1. The van der Waals surface area contributed by atoms with Crippen molar-refractivity contribution in [1.82, 2.24) is 15.1 Å². The Morgan fingerprint density at radius 1 is 1.29 bits per heavy atom. The van der Waals surface area contributed by atoms with Crippen LogP contribution in [-0.4, -0.2) is 33.5 Å². The number of nitrogen functional groups attached to an aromatic ring is 1. The number of anilines is 1. The number of hydrogen-bond acceptors (Lipinski definition) is 4. The molecular weight excluding hydrogens is 270 g/mol. The molecule has 5 N–H and O–H groups in total. The first kappa shape index (κ1) is 14.6. The molecule has 0 atom stereocenters. The number of H-pyrrole nitrogens is 1. The molecule has 0 aliphatic carbocycles. The minimum absolute atomic E-state index is 0.159. The standard InChI is InChI=1S/C14H17N5O2/c1-9-12(6-17-18-9)14(21)19(8-13(16)20)7-10-2-4-11(15)5-3-10/h2-6H,7-8,15H2,1H3,(H2,16,20)(H,17,18). The van der Waals surface area contributed by atoms with Crippen LogP contribution in [0.1, 0.15) is 21.6 Å². The van der Waals surface area contributed by atoms with Crippen molar-refractivity contribution in [3.8, 4) is 0 Å². The summed E-state index contributed by atoms with van der Waals surface area (Å²) in [5.41, 5.74) is 13.4. The first-order chi connectivity index (χ1) is 9.97. The van der Waals surface area contributed by atoms with Gasteiger partial charge in [-0.1, -0.05) is 12.1 Å². The van der Waals surface area contributed by atoms with Crippen molar-refractivity contribution < 1.29 is 9.59 Å². The van der Waals surface area contributed by atoms with Crippen LogP contribution in [0.2, 0.25) is 0 Å². The van der Waals surface area contributed by atoms with Gasteiger partial charge in [-0.3, -0.25) is 14.7 Å². The molecule has 0 aliphatic rings. The third kappa shape index (κ3) is 3.59. The lowest BCUT2D eigenvalue weighted by Gasteiger charge is -2.21. The summed E-state index contributed by atoms with van der Waals surface area (Å²) in [6.07, 6.45) is 1.44. The Hall–Kier alpha value is -2.83. The van der Waals surface area contributed by atoms with E-state index in [0.29, 0.717) is 16.9 Å². The van der Waals surface area contributed by atoms with Crippen molar-refractivity contribution in [1.29, 1.82) is 0 Å². The van der Waals surface area contributed by atoms with Crippen molar-refractivity contribution in [2.45, 2.75) is 13.5 Å². The number of primary amides is 1. The lowest BCUT2D eigenvalue weighted by Crippen LogP contribution is -2.38. The van der Waals surface area contributed by atoms with E-state index in [-0.39, 0.29) is 19.0 Å². The van der Waals surface area contributed by atoms with Crippen molar-refractivity contribution >= 4 is 17.5 Å². The van der Waals surface area contributed by atoms with Crippen LogP contribution in [0.4, 0.5) is 5.69 Å². The van der Waals surface area contributed by atoms with E-state index in [1.165, 1.54) is 11.1 Å². The number of rotatable bonds is 5. The van der Waals surface area contributed by atoms with E-state index in [9.17, 15) is 9.59 Å². The van der Waals surface area contributed by atoms with Crippen LogP contribution >= 0.6 is 0 Å². The van der Waals surface area contributed by atoms with Crippen LogP contribution in [0.5, 0.6) is 0 Å². The number of aromatic nitrogens is 2. The normalized spacial score (nSPS) is 10.3. The van der Waals surface area contributed by atoms with Gasteiger partial charge < -0.3 is 16.4 Å². The van der Waals surface area contributed by atoms with Crippen LogP contribution in [0, 0.1) is 6.92 Å². The average molecular weight is 287 g/mol. The third-order valence-corrected chi connectivity index (χ3v) is 3.05. The molecule has 0 unspecified atom stereocenters. The topological polar surface area (TPSA) is 118 Å². The molecule has 110 valence electrons. The number of nitrogens with one attached hydrogen (secondary N) is 1. The molecule has 0 bridgehead atoms. The SMILES string of the molecule is Cc1[nH]ncc1C(=O)N(CC(N)=O)Cc1ccc(N)cc1. The van der Waals surface area contributed by atoms with Crippen LogP contribution in [-0.2, 0) is 11.3 Å². The van der Waals surface area contributed by atoms with Gasteiger partial charge in [-0.05, 0) is 24.6 Å². The quantitative estimate of drug-likeness (QED) is 0.691. The van der Waals surface area contributed by atoms with Crippen molar-refractivity contribution in [3.63, 3.8) is 0 Å². The van der Waals surface area contributed by atoms with Gasteiger partial charge in [0.25, 0.3) is 5.91 Å². The van der Waals surface area contributed by atoms with Crippen molar-refractivity contribution in [2.24, 2.45) is 5.73 Å². The predicted molar refractivity (Wildman–Crippen MR) is 78.1 cm³/mol. The molecule has 0 spiro atoms. The molecular formula is C14H17N5O2. The lowest BCUT2D eigenvalue weighted by molar-refractivity contribution is -0.118. The van der Waals surface area contributed by atoms with E-state index in [1.54, 1.807) is 31.2 Å². The van der Waals surface area contributed by atoms with Gasteiger partial charge in [0.1, 0.15) is 0 Å². The molecule has 21 heavy (non-hydrogen) atoms. The van der Waals surface area contributed by atoms with Gasteiger partial charge in [0.2, 0.25) is 5.91 Å². The number of carbonyl (C=O) groups excluding carboxylic acids is 2. The zero-order valence-corrected chi connectivity index (χ0v) is 11.7. The Kier molecular flexibility index (Phi) is 4.22. The maximum atomic E-state index is 12.5. The maximum absolute atomic E-state index is 12.5. The summed E-state index contributed by atoms with van der Waals surface area (Å²) in [6, 6.07) is 7.09. The number of aromatic amines is 1. The molecule has 1 heterocycles. The number of aryl methyl sites for hydroxylation is 1. The van der Waals surface area contributed by atoms with Gasteiger partial charge in [0, 0.05) is 17.9 Å². The number of nitrogens with two attached hydrogens (primary N) is 2. The number of hydrogen-bond donors (Lipinski definition) is 3. The van der Waals surface area contributed by atoms with E-state index < -0.39 is 5.91 Å². The van der Waals surface area contributed by atoms with Gasteiger partial charge in [0.05, 0.1) is 18.3 Å². The Morgan fingerprint density at radius 2 is 1.95 bits per heavy atom. The molecule has 2 aromatic rings. The highest BCUT2D eigenvalue weighted by atomic mass is 16.2. The molecule has 0 radical (unpaired) electrons. The molecule has 2 amide bonds. The second kappa shape index (κ2) is 6.08. The Balaban J connectivity index is 2.22. The van der Waals surface area contributed by atoms with Crippen LogP contribution in [0.3, 0.4) is 0 Å². The van der Waals surface area contributed by atoms with Gasteiger partial charge in [-0.2, -0.15) is 5.10 Å². The van der Waals surface area contributed by atoms with Crippen molar-refractivity contribution in [2.75, 3.05) is 12.3 Å². The Bertz CT molecular complexity index is 648. The molecule has 1 aromatic heterocycles. The van der Waals surface area contributed by atoms with Gasteiger partial charge >= 0.3 is 0 Å². The molecule has 0 saturated carbocycles. The molecule has 7 nitrogen and oxygen atoms in total. The van der Waals surface area contributed by atoms with Gasteiger partial charge in [-0.15, -0.1) is 0 Å². The highest BCUT2D eigenvalue weighted by Gasteiger charge is 2.20. The summed E-state index contributed by atoms with van der Waals surface area (Å²) in [7, 11) is 0. The summed E-state index contributed by atoms with van der Waals surface area (Å²) in [6.45, 7) is 1.85. The fraction of sp³-hybridized carbons (Fsp3) is 0.214. The number of amides is 2. The molecule has 2 rings (SSSR count). The van der Waals surface area contributed by atoms with Gasteiger partial charge in [-0.25, -0.2) is 0 Å². The second-order valence-corrected chi connectivity index (χ2v) is 4.78. The van der Waals surface area contributed by atoms with E-state index >= 15 is 0 Å². The largest absolute Gasteiger partial charge is 0.399 e.